The summed E-state index contributed by atoms with van der Waals surface area (Å²) in [5, 5.41) is 27.4. The van der Waals surface area contributed by atoms with Crippen LogP contribution in [0.2, 0.25) is 0 Å². The molecule has 2 heterocycles. The number of likely N-dealkylation sites (tertiary alicyclic amines) is 1. The molecule has 0 saturated carbocycles. The summed E-state index contributed by atoms with van der Waals surface area (Å²) >= 11 is 0. The number of nitriles is 1. The van der Waals surface area contributed by atoms with Crippen LogP contribution in [0.15, 0.2) is 18.2 Å². The van der Waals surface area contributed by atoms with Crippen LogP contribution < -0.4 is 10.4 Å². The molecular weight excluding hydrogens is 438 g/mol. The van der Waals surface area contributed by atoms with E-state index in [4.69, 9.17) is 10.4 Å². The number of nitrogens with one attached hydrogen (secondary N) is 1. The van der Waals surface area contributed by atoms with Crippen LogP contribution in [0.5, 0.6) is 0 Å². The van der Waals surface area contributed by atoms with Crippen LogP contribution in [0.4, 0.5) is 10.5 Å². The van der Waals surface area contributed by atoms with Crippen LogP contribution >= 0.6 is 0 Å². The summed E-state index contributed by atoms with van der Waals surface area (Å²) < 4.78 is 27.7. The molecule has 0 aliphatic carbocycles. The zero-order valence-corrected chi connectivity index (χ0v) is 18.6. The zero-order valence-electron chi connectivity index (χ0n) is 17.8. The van der Waals surface area contributed by atoms with Crippen molar-refractivity contribution >= 4 is 27.7 Å². The Morgan fingerprint density at radius 3 is 2.28 bits per heavy atom. The lowest BCUT2D eigenvalue weighted by Gasteiger charge is -2.41. The van der Waals surface area contributed by atoms with E-state index in [-0.39, 0.29) is 39.0 Å². The maximum absolute atomic E-state index is 13.2. The third-order valence-corrected chi connectivity index (χ3v) is 8.40. The Morgan fingerprint density at radius 2 is 1.78 bits per heavy atom. The van der Waals surface area contributed by atoms with Crippen molar-refractivity contribution < 1.29 is 28.3 Å². The van der Waals surface area contributed by atoms with Crippen molar-refractivity contribution in [3.63, 3.8) is 0 Å². The van der Waals surface area contributed by atoms with E-state index < -0.39 is 33.2 Å². The normalized spacial score (nSPS) is 19.3. The van der Waals surface area contributed by atoms with E-state index in [1.54, 1.807) is 17.6 Å². The van der Waals surface area contributed by atoms with Crippen molar-refractivity contribution in [3.8, 4) is 6.07 Å². The molecule has 2 aliphatic heterocycles. The Morgan fingerprint density at radius 1 is 1.16 bits per heavy atom. The molecule has 1 aromatic rings. The van der Waals surface area contributed by atoms with Gasteiger partial charge < -0.3 is 14.9 Å². The molecule has 2 fully saturated rings. The summed E-state index contributed by atoms with van der Waals surface area (Å²) in [6.07, 6.45) is -1.11. The Labute approximate surface area is 186 Å². The average Bonchev–Trinajstić information content (AvgIpc) is 2.78. The number of carbonyl (C=O) groups is 2. The first-order chi connectivity index (χ1) is 15.1. The standard InChI is InChI=1S/C20H27N5O6S/c1-15-12-16(13-21)2-3-17(15)23-8-10-25(11-9-23)32(30,31)14-20(18(26)22-29)4-6-24(7-5-20)19(27)28/h2-3,12,29H,4-11,14H2,1H3,(H,22,26)(H,27,28). The molecule has 0 aromatic heterocycles. The fourth-order valence-corrected chi connectivity index (χ4v) is 6.43. The first-order valence-corrected chi connectivity index (χ1v) is 11.9. The van der Waals surface area contributed by atoms with E-state index in [1.165, 1.54) is 4.31 Å². The number of rotatable bonds is 5. The quantitative estimate of drug-likeness (QED) is 0.421. The van der Waals surface area contributed by atoms with Gasteiger partial charge in [-0.25, -0.2) is 18.7 Å². The largest absolute Gasteiger partial charge is 0.465 e. The number of carboxylic acid groups (broad SMARTS) is 1. The van der Waals surface area contributed by atoms with Crippen molar-refractivity contribution in [1.29, 1.82) is 5.26 Å². The number of nitrogens with zero attached hydrogens (tertiary/aromatic N) is 4. The predicted molar refractivity (Wildman–Crippen MR) is 115 cm³/mol. The second kappa shape index (κ2) is 9.32. The molecule has 3 N–H and O–H groups in total. The number of hydrogen-bond donors (Lipinski definition) is 3. The van der Waals surface area contributed by atoms with Gasteiger partial charge in [0.15, 0.2) is 0 Å². The highest BCUT2D eigenvalue weighted by molar-refractivity contribution is 7.89. The van der Waals surface area contributed by atoms with Gasteiger partial charge in [0.2, 0.25) is 10.0 Å². The number of benzene rings is 1. The highest BCUT2D eigenvalue weighted by Crippen LogP contribution is 2.35. The minimum Gasteiger partial charge on any atom is -0.465 e. The van der Waals surface area contributed by atoms with E-state index in [0.717, 1.165) is 16.2 Å². The summed E-state index contributed by atoms with van der Waals surface area (Å²) in [6, 6.07) is 7.47. The maximum Gasteiger partial charge on any atom is 0.407 e. The third kappa shape index (κ3) is 4.79. The Bertz CT molecular complexity index is 1020. The SMILES string of the molecule is Cc1cc(C#N)ccc1N1CCN(S(=O)(=O)CC2(C(=O)NO)CCN(C(=O)O)CC2)CC1. The number of hydrogen-bond acceptors (Lipinski definition) is 7. The first-order valence-electron chi connectivity index (χ1n) is 10.3. The summed E-state index contributed by atoms with van der Waals surface area (Å²) in [4.78, 5) is 26.8. The van der Waals surface area contributed by atoms with Crippen LogP contribution in [-0.2, 0) is 14.8 Å². The molecule has 0 spiro atoms. The highest BCUT2D eigenvalue weighted by Gasteiger charge is 2.47. The Hall–Kier alpha value is -2.88. The van der Waals surface area contributed by atoms with Gasteiger partial charge in [0.25, 0.3) is 5.91 Å². The molecule has 11 nitrogen and oxygen atoms in total. The molecule has 0 bridgehead atoms. The fraction of sp³-hybridized carbons (Fsp3) is 0.550. The van der Waals surface area contributed by atoms with Gasteiger partial charge in [0.1, 0.15) is 0 Å². The van der Waals surface area contributed by atoms with Crippen LogP contribution in [0, 0.1) is 23.7 Å². The number of aryl methyl sites for hydroxylation is 1. The Balaban J connectivity index is 1.69. The smallest absolute Gasteiger partial charge is 0.407 e. The molecule has 2 amide bonds. The van der Waals surface area contributed by atoms with Crippen LogP contribution in [0.25, 0.3) is 0 Å². The van der Waals surface area contributed by atoms with E-state index >= 15 is 0 Å². The summed E-state index contributed by atoms with van der Waals surface area (Å²) in [7, 11) is -3.83. The Kier molecular flexibility index (Phi) is 6.92. The maximum atomic E-state index is 13.2. The molecule has 3 rings (SSSR count). The van der Waals surface area contributed by atoms with E-state index in [1.807, 2.05) is 13.0 Å². The van der Waals surface area contributed by atoms with Gasteiger partial charge in [-0.2, -0.15) is 9.57 Å². The number of piperazine rings is 1. The van der Waals surface area contributed by atoms with Gasteiger partial charge in [-0.15, -0.1) is 0 Å². The van der Waals surface area contributed by atoms with Gasteiger partial charge >= 0.3 is 6.09 Å². The van der Waals surface area contributed by atoms with Gasteiger partial charge in [-0.1, -0.05) is 0 Å². The molecule has 2 aliphatic rings. The lowest BCUT2D eigenvalue weighted by Crippen LogP contribution is -2.56. The minimum atomic E-state index is -3.83. The molecule has 32 heavy (non-hydrogen) atoms. The minimum absolute atomic E-state index is 0.00925. The molecule has 0 unspecified atom stereocenters. The summed E-state index contributed by atoms with van der Waals surface area (Å²) in [6.45, 7) is 3.32. The highest BCUT2D eigenvalue weighted by atomic mass is 32.2. The van der Waals surface area contributed by atoms with E-state index in [9.17, 15) is 23.2 Å². The van der Waals surface area contributed by atoms with Crippen molar-refractivity contribution in [2.24, 2.45) is 5.41 Å². The molecule has 1 aromatic carbocycles. The van der Waals surface area contributed by atoms with Crippen molar-refractivity contribution in [1.82, 2.24) is 14.7 Å². The van der Waals surface area contributed by atoms with Crippen molar-refractivity contribution in [2.75, 3.05) is 49.9 Å². The molecular formula is C20H27N5O6S. The lowest BCUT2D eigenvalue weighted by molar-refractivity contribution is -0.141. The number of sulfonamides is 1. The topological polar surface area (TPSA) is 154 Å². The van der Waals surface area contributed by atoms with Gasteiger partial charge in [0.05, 0.1) is 22.8 Å². The lowest BCUT2D eigenvalue weighted by atomic mass is 9.79. The fourth-order valence-electron chi connectivity index (χ4n) is 4.41. The number of hydroxylamine groups is 1. The molecule has 12 heteroatoms. The zero-order chi connectivity index (χ0) is 23.5. The average molecular weight is 466 g/mol. The summed E-state index contributed by atoms with van der Waals surface area (Å²) in [5.74, 6) is -1.30. The number of carbonyl (C=O) groups excluding carboxylic acids is 1. The number of piperidine rings is 1. The monoisotopic (exact) mass is 465 g/mol. The van der Waals surface area contributed by atoms with Crippen LogP contribution in [-0.4, -0.2) is 85.0 Å². The molecule has 0 atom stereocenters. The molecule has 174 valence electrons. The van der Waals surface area contributed by atoms with Crippen LogP contribution in [0.3, 0.4) is 0 Å². The number of amides is 2. The summed E-state index contributed by atoms with van der Waals surface area (Å²) in [5.41, 5.74) is 2.62. The van der Waals surface area contributed by atoms with Gasteiger partial charge in [-0.3, -0.25) is 10.0 Å². The van der Waals surface area contributed by atoms with Gasteiger partial charge in [-0.05, 0) is 43.5 Å². The van der Waals surface area contributed by atoms with Gasteiger partial charge in [0, 0.05) is 45.0 Å². The number of anilines is 1. The second-order valence-electron chi connectivity index (χ2n) is 8.25. The second-order valence-corrected chi connectivity index (χ2v) is 10.2. The van der Waals surface area contributed by atoms with Crippen molar-refractivity contribution in [3.05, 3.63) is 29.3 Å². The molecule has 0 radical (unpaired) electrons. The molecule has 2 saturated heterocycles. The van der Waals surface area contributed by atoms with E-state index in [0.29, 0.717) is 18.7 Å². The first kappa shape index (κ1) is 23.8. The van der Waals surface area contributed by atoms with Crippen molar-refractivity contribution in [2.45, 2.75) is 19.8 Å². The predicted octanol–water partition coefficient (Wildman–Crippen LogP) is 0.584. The van der Waals surface area contributed by atoms with Crippen LogP contribution in [0.1, 0.15) is 24.0 Å². The third-order valence-electron chi connectivity index (χ3n) is 6.33. The van der Waals surface area contributed by atoms with E-state index in [2.05, 4.69) is 11.0 Å².